The fraction of sp³-hybridized carbons (Fsp3) is 0.579. The molecule has 1 amide bonds. The zero-order valence-corrected chi connectivity index (χ0v) is 16.8. The van der Waals surface area contributed by atoms with Gasteiger partial charge in [0.15, 0.2) is 5.78 Å². The summed E-state index contributed by atoms with van der Waals surface area (Å²) >= 11 is 0. The Hall–Kier alpha value is -1.77. The highest BCUT2D eigenvalue weighted by Gasteiger charge is 2.33. The lowest BCUT2D eigenvalue weighted by molar-refractivity contribution is -0.123. The minimum atomic E-state index is -3.65. The van der Waals surface area contributed by atoms with Crippen LogP contribution in [0, 0.1) is 0 Å². The molecule has 150 valence electrons. The summed E-state index contributed by atoms with van der Waals surface area (Å²) in [7, 11) is -2.16. The Morgan fingerprint density at radius 1 is 1.19 bits per heavy atom. The average molecular weight is 396 g/mol. The van der Waals surface area contributed by atoms with Crippen molar-refractivity contribution >= 4 is 21.7 Å². The van der Waals surface area contributed by atoms with Crippen molar-refractivity contribution in [2.24, 2.45) is 5.73 Å². The number of Topliss-reactive ketones (excluding diaryl/α,β-unsaturated/α-hetero) is 1. The third-order valence-corrected chi connectivity index (χ3v) is 7.07. The van der Waals surface area contributed by atoms with Crippen molar-refractivity contribution in [3.63, 3.8) is 0 Å². The molecule has 0 bridgehead atoms. The number of hydrogen-bond donors (Lipinski definition) is 2. The zero-order chi connectivity index (χ0) is 20.1. The van der Waals surface area contributed by atoms with Gasteiger partial charge in [0.25, 0.3) is 0 Å². The second-order valence-electron chi connectivity index (χ2n) is 7.25. The highest BCUT2D eigenvalue weighted by Crippen LogP contribution is 2.28. The van der Waals surface area contributed by atoms with Crippen molar-refractivity contribution in [1.82, 2.24) is 9.62 Å². The molecule has 1 aliphatic rings. The molecule has 1 fully saturated rings. The number of carbonyl (C=O) groups excluding carboxylic acids is 2. The number of carbonyl (C=O) groups is 2. The van der Waals surface area contributed by atoms with Crippen LogP contribution in [0.25, 0.3) is 0 Å². The third-order valence-electron chi connectivity index (χ3n) is 5.20. The SMILES string of the molecule is CC(=O)c1ccc(S(=O)(=O)N(C)CCCC(=O)NC2(CN)CCCC2)cc1. The van der Waals surface area contributed by atoms with Gasteiger partial charge in [0.05, 0.1) is 10.4 Å². The van der Waals surface area contributed by atoms with E-state index in [2.05, 4.69) is 5.32 Å². The lowest BCUT2D eigenvalue weighted by atomic mass is 9.97. The minimum absolute atomic E-state index is 0.0843. The molecule has 0 unspecified atom stereocenters. The van der Waals surface area contributed by atoms with E-state index in [1.807, 2.05) is 0 Å². The standard InChI is InChI=1S/C19H29N3O4S/c1-15(23)16-7-9-17(10-8-16)27(25,26)22(2)13-5-6-18(24)21-19(14-20)11-3-4-12-19/h7-10H,3-6,11-14,20H2,1-2H3,(H,21,24). The summed E-state index contributed by atoms with van der Waals surface area (Å²) in [4.78, 5) is 23.6. The summed E-state index contributed by atoms with van der Waals surface area (Å²) in [5.74, 6) is -0.199. The van der Waals surface area contributed by atoms with Crippen LogP contribution >= 0.6 is 0 Å². The van der Waals surface area contributed by atoms with E-state index in [0.717, 1.165) is 25.7 Å². The monoisotopic (exact) mass is 395 g/mol. The molecule has 0 aliphatic heterocycles. The van der Waals surface area contributed by atoms with E-state index in [4.69, 9.17) is 5.73 Å². The number of benzene rings is 1. The van der Waals surface area contributed by atoms with Gasteiger partial charge in [-0.25, -0.2) is 12.7 Å². The number of hydrogen-bond acceptors (Lipinski definition) is 5. The molecule has 1 saturated carbocycles. The molecular weight excluding hydrogens is 366 g/mol. The number of nitrogens with one attached hydrogen (secondary N) is 1. The van der Waals surface area contributed by atoms with Gasteiger partial charge in [0, 0.05) is 32.1 Å². The lowest BCUT2D eigenvalue weighted by Crippen LogP contribution is -2.51. The molecular formula is C19H29N3O4S. The first kappa shape index (κ1) is 21.5. The number of sulfonamides is 1. The first-order chi connectivity index (χ1) is 12.7. The van der Waals surface area contributed by atoms with E-state index in [0.29, 0.717) is 18.5 Å². The summed E-state index contributed by atoms with van der Waals surface area (Å²) in [5, 5.41) is 3.04. The Labute approximate surface area is 161 Å². The third kappa shape index (κ3) is 5.37. The zero-order valence-electron chi connectivity index (χ0n) is 16.0. The number of rotatable bonds is 9. The number of nitrogens with zero attached hydrogens (tertiary/aromatic N) is 1. The summed E-state index contributed by atoms with van der Waals surface area (Å²) in [6.07, 6.45) is 4.62. The fourth-order valence-electron chi connectivity index (χ4n) is 3.41. The maximum Gasteiger partial charge on any atom is 0.242 e. The van der Waals surface area contributed by atoms with Gasteiger partial charge < -0.3 is 11.1 Å². The molecule has 27 heavy (non-hydrogen) atoms. The van der Waals surface area contributed by atoms with E-state index >= 15 is 0 Å². The first-order valence-corrected chi connectivity index (χ1v) is 10.7. The van der Waals surface area contributed by atoms with E-state index in [1.165, 1.54) is 42.5 Å². The highest BCUT2D eigenvalue weighted by molar-refractivity contribution is 7.89. The van der Waals surface area contributed by atoms with Crippen molar-refractivity contribution < 1.29 is 18.0 Å². The summed E-state index contributed by atoms with van der Waals surface area (Å²) in [5.41, 5.74) is 6.00. The van der Waals surface area contributed by atoms with Gasteiger partial charge >= 0.3 is 0 Å². The summed E-state index contributed by atoms with van der Waals surface area (Å²) in [6, 6.07) is 5.87. The highest BCUT2D eigenvalue weighted by atomic mass is 32.2. The Morgan fingerprint density at radius 3 is 2.30 bits per heavy atom. The van der Waals surface area contributed by atoms with Crippen LogP contribution in [0.15, 0.2) is 29.2 Å². The molecule has 0 atom stereocenters. The lowest BCUT2D eigenvalue weighted by Gasteiger charge is -2.28. The molecule has 3 N–H and O–H groups in total. The molecule has 1 aromatic rings. The van der Waals surface area contributed by atoms with Gasteiger partial charge in [-0.3, -0.25) is 9.59 Å². The maximum absolute atomic E-state index is 12.6. The van der Waals surface area contributed by atoms with E-state index < -0.39 is 10.0 Å². The average Bonchev–Trinajstić information content (AvgIpc) is 3.10. The van der Waals surface area contributed by atoms with Gasteiger partial charge in [-0.1, -0.05) is 25.0 Å². The Kier molecular flexibility index (Phi) is 7.13. The van der Waals surface area contributed by atoms with E-state index in [1.54, 1.807) is 0 Å². The molecule has 8 heteroatoms. The van der Waals surface area contributed by atoms with Crippen LogP contribution < -0.4 is 11.1 Å². The van der Waals surface area contributed by atoms with Crippen molar-refractivity contribution in [2.45, 2.75) is 55.9 Å². The Morgan fingerprint density at radius 2 is 1.78 bits per heavy atom. The maximum atomic E-state index is 12.6. The molecule has 1 aromatic carbocycles. The first-order valence-electron chi connectivity index (χ1n) is 9.29. The number of ketones is 1. The largest absolute Gasteiger partial charge is 0.349 e. The van der Waals surface area contributed by atoms with E-state index in [-0.39, 0.29) is 35.1 Å². The van der Waals surface area contributed by atoms with Gasteiger partial charge in [-0.2, -0.15) is 0 Å². The number of nitrogens with two attached hydrogens (primary N) is 1. The fourth-order valence-corrected chi connectivity index (χ4v) is 4.62. The van der Waals surface area contributed by atoms with E-state index in [9.17, 15) is 18.0 Å². The molecule has 1 aliphatic carbocycles. The minimum Gasteiger partial charge on any atom is -0.349 e. The van der Waals surface area contributed by atoms with Gasteiger partial charge in [0.2, 0.25) is 15.9 Å². The summed E-state index contributed by atoms with van der Waals surface area (Å²) in [6.45, 7) is 2.10. The van der Waals surface area contributed by atoms with Gasteiger partial charge in [-0.15, -0.1) is 0 Å². The topological polar surface area (TPSA) is 110 Å². The molecule has 2 rings (SSSR count). The van der Waals surface area contributed by atoms with Crippen LogP contribution in [-0.4, -0.2) is 50.1 Å². The van der Waals surface area contributed by atoms with Crippen LogP contribution in [0.4, 0.5) is 0 Å². The van der Waals surface area contributed by atoms with Crippen LogP contribution in [0.5, 0.6) is 0 Å². The molecule has 0 radical (unpaired) electrons. The van der Waals surface area contributed by atoms with Crippen molar-refractivity contribution in [3.05, 3.63) is 29.8 Å². The molecule has 0 heterocycles. The molecule has 0 spiro atoms. The van der Waals surface area contributed by atoms with Gasteiger partial charge in [0.1, 0.15) is 0 Å². The smallest absolute Gasteiger partial charge is 0.242 e. The van der Waals surface area contributed by atoms with Crippen LogP contribution in [0.2, 0.25) is 0 Å². The Balaban J connectivity index is 1.87. The van der Waals surface area contributed by atoms with Crippen molar-refractivity contribution in [3.8, 4) is 0 Å². The quantitative estimate of drug-likeness (QED) is 0.618. The van der Waals surface area contributed by atoms with Gasteiger partial charge in [-0.05, 0) is 38.3 Å². The normalized spacial score (nSPS) is 16.4. The van der Waals surface area contributed by atoms with Crippen LogP contribution in [-0.2, 0) is 14.8 Å². The van der Waals surface area contributed by atoms with Crippen molar-refractivity contribution in [1.29, 1.82) is 0 Å². The van der Waals surface area contributed by atoms with Crippen molar-refractivity contribution in [2.75, 3.05) is 20.1 Å². The Bertz CT molecular complexity index is 769. The van der Waals surface area contributed by atoms with Crippen LogP contribution in [0.3, 0.4) is 0 Å². The van der Waals surface area contributed by atoms with Crippen LogP contribution in [0.1, 0.15) is 55.8 Å². The number of amides is 1. The predicted octanol–water partition coefficient (Wildman–Crippen LogP) is 1.68. The molecule has 7 nitrogen and oxygen atoms in total. The molecule has 0 aromatic heterocycles. The molecule has 0 saturated heterocycles. The second kappa shape index (κ2) is 8.95. The summed E-state index contributed by atoms with van der Waals surface area (Å²) < 4.78 is 26.4. The predicted molar refractivity (Wildman–Crippen MR) is 104 cm³/mol. The second-order valence-corrected chi connectivity index (χ2v) is 9.30.